The Labute approximate surface area is 250 Å². The third kappa shape index (κ3) is 5.53. The molecule has 9 heteroatoms. The van der Waals surface area contributed by atoms with Gasteiger partial charge in [-0.15, -0.1) is 0 Å². The van der Waals surface area contributed by atoms with Crippen LogP contribution in [0, 0.1) is 5.82 Å². The molecule has 2 aliphatic rings. The lowest BCUT2D eigenvalue weighted by Crippen LogP contribution is -2.53. The molecule has 1 aromatic heterocycles. The Bertz CT molecular complexity index is 1690. The van der Waals surface area contributed by atoms with Crippen LogP contribution >= 0.6 is 11.6 Å². The van der Waals surface area contributed by atoms with Crippen LogP contribution in [0.4, 0.5) is 10.1 Å². The lowest BCUT2D eigenvalue weighted by atomic mass is 9.96. The summed E-state index contributed by atoms with van der Waals surface area (Å²) in [7, 11) is 1.66. The van der Waals surface area contributed by atoms with E-state index in [1.165, 1.54) is 21.3 Å². The largest absolute Gasteiger partial charge is 0.507 e. The van der Waals surface area contributed by atoms with Crippen LogP contribution in [-0.4, -0.2) is 57.0 Å². The number of aryl methyl sites for hydroxylation is 1. The van der Waals surface area contributed by atoms with Crippen molar-refractivity contribution in [2.75, 3.05) is 31.1 Å². The summed E-state index contributed by atoms with van der Waals surface area (Å²) in [6.45, 7) is 10.4. The molecule has 1 N–H and O–H groups in total. The van der Waals surface area contributed by atoms with Crippen LogP contribution in [0.25, 0.3) is 27.9 Å². The molecule has 3 aromatic carbocycles. The van der Waals surface area contributed by atoms with Gasteiger partial charge < -0.3 is 19.3 Å². The number of aromatic nitrogens is 2. The SMILES string of the molecule is Cn1ccn(-c2c(Cl)cc(-c3cc(F)cc(-c4cccc(N5CCN(C(C)(C)C)CC5)c4)c3O)cc2OC2CC2)c1=O. The number of hydrogen-bond acceptors (Lipinski definition) is 5. The molecule has 0 bridgehead atoms. The minimum Gasteiger partial charge on any atom is -0.507 e. The minimum atomic E-state index is -0.480. The predicted octanol–water partition coefficient (Wildman–Crippen LogP) is 6.47. The summed E-state index contributed by atoms with van der Waals surface area (Å²) in [6.07, 6.45) is 5.12. The van der Waals surface area contributed by atoms with Gasteiger partial charge in [0.25, 0.3) is 0 Å². The van der Waals surface area contributed by atoms with Crippen LogP contribution < -0.4 is 15.3 Å². The number of nitrogens with zero attached hydrogens (tertiary/aromatic N) is 4. The van der Waals surface area contributed by atoms with Crippen molar-refractivity contribution in [1.29, 1.82) is 0 Å². The average Bonchev–Trinajstić information content (AvgIpc) is 3.72. The fraction of sp³-hybridized carbons (Fsp3) is 0.364. The molecular formula is C33H36ClFN4O3. The maximum atomic E-state index is 15.2. The quantitative estimate of drug-likeness (QED) is 0.279. The van der Waals surface area contributed by atoms with Gasteiger partial charge in [-0.05, 0) is 81.1 Å². The van der Waals surface area contributed by atoms with Crippen LogP contribution in [0.2, 0.25) is 5.02 Å². The van der Waals surface area contributed by atoms with Gasteiger partial charge in [-0.3, -0.25) is 9.47 Å². The van der Waals surface area contributed by atoms with Gasteiger partial charge >= 0.3 is 5.69 Å². The molecule has 2 fully saturated rings. The Morgan fingerprint density at radius 1 is 0.952 bits per heavy atom. The first-order chi connectivity index (χ1) is 20.0. The van der Waals surface area contributed by atoms with Crippen molar-refractivity contribution in [3.63, 3.8) is 0 Å². The van der Waals surface area contributed by atoms with E-state index in [2.05, 4.69) is 36.6 Å². The molecular weight excluding hydrogens is 555 g/mol. The Hall–Kier alpha value is -3.75. The molecule has 0 radical (unpaired) electrons. The van der Waals surface area contributed by atoms with E-state index >= 15 is 4.39 Å². The first-order valence-electron chi connectivity index (χ1n) is 14.4. The Balaban J connectivity index is 1.37. The number of rotatable bonds is 6. The summed E-state index contributed by atoms with van der Waals surface area (Å²) in [4.78, 5) is 17.6. The fourth-order valence-electron chi connectivity index (χ4n) is 5.60. The van der Waals surface area contributed by atoms with Gasteiger partial charge in [0.1, 0.15) is 23.0 Å². The van der Waals surface area contributed by atoms with Gasteiger partial charge in [-0.1, -0.05) is 23.7 Å². The molecule has 1 aliphatic heterocycles. The number of imidazole rings is 1. The molecule has 0 atom stereocenters. The molecule has 0 amide bonds. The second kappa shape index (κ2) is 10.8. The summed E-state index contributed by atoms with van der Waals surface area (Å²) < 4.78 is 24.2. The maximum Gasteiger partial charge on any atom is 0.332 e. The maximum absolute atomic E-state index is 15.2. The number of piperazine rings is 1. The van der Waals surface area contributed by atoms with Gasteiger partial charge in [0.05, 0.1) is 11.1 Å². The highest BCUT2D eigenvalue weighted by atomic mass is 35.5. The predicted molar refractivity (Wildman–Crippen MR) is 166 cm³/mol. The number of aromatic hydroxyl groups is 1. The Kier molecular flexibility index (Phi) is 7.31. The molecule has 7 nitrogen and oxygen atoms in total. The molecule has 1 saturated heterocycles. The summed E-state index contributed by atoms with van der Waals surface area (Å²) in [5.74, 6) is -0.120. The zero-order valence-electron chi connectivity index (χ0n) is 24.4. The molecule has 0 unspecified atom stereocenters. The highest BCUT2D eigenvalue weighted by Gasteiger charge is 2.28. The van der Waals surface area contributed by atoms with Crippen LogP contribution in [0.1, 0.15) is 33.6 Å². The Morgan fingerprint density at radius 2 is 1.64 bits per heavy atom. The number of anilines is 1. The van der Waals surface area contributed by atoms with Gasteiger partial charge in [-0.2, -0.15) is 0 Å². The average molecular weight is 591 g/mol. The minimum absolute atomic E-state index is 0.0270. The van der Waals surface area contributed by atoms with Crippen molar-refractivity contribution in [1.82, 2.24) is 14.0 Å². The number of hydrogen-bond donors (Lipinski definition) is 1. The van der Waals surface area contributed by atoms with E-state index in [4.69, 9.17) is 16.3 Å². The van der Waals surface area contributed by atoms with Crippen molar-refractivity contribution in [2.45, 2.75) is 45.3 Å². The van der Waals surface area contributed by atoms with E-state index in [1.807, 2.05) is 18.2 Å². The number of benzene rings is 3. The zero-order valence-corrected chi connectivity index (χ0v) is 25.2. The zero-order chi connectivity index (χ0) is 29.8. The number of halogens is 2. The monoisotopic (exact) mass is 590 g/mol. The van der Waals surface area contributed by atoms with Crippen molar-refractivity contribution in [3.05, 3.63) is 82.2 Å². The second-order valence-corrected chi connectivity index (χ2v) is 12.6. The van der Waals surface area contributed by atoms with E-state index in [9.17, 15) is 9.90 Å². The van der Waals surface area contributed by atoms with E-state index in [0.29, 0.717) is 28.1 Å². The van der Waals surface area contributed by atoms with Crippen molar-refractivity contribution in [3.8, 4) is 39.4 Å². The third-order valence-corrected chi connectivity index (χ3v) is 8.46. The molecule has 1 saturated carbocycles. The summed E-state index contributed by atoms with van der Waals surface area (Å²) >= 11 is 6.76. The van der Waals surface area contributed by atoms with Crippen LogP contribution in [-0.2, 0) is 7.05 Å². The fourth-order valence-corrected chi connectivity index (χ4v) is 5.90. The number of ether oxygens (including phenoxy) is 1. The first kappa shape index (κ1) is 28.4. The normalized spacial score (nSPS) is 16.2. The molecule has 4 aromatic rings. The molecule has 220 valence electrons. The van der Waals surface area contributed by atoms with Gasteiger partial charge in [0.15, 0.2) is 0 Å². The van der Waals surface area contributed by atoms with Crippen LogP contribution in [0.5, 0.6) is 11.5 Å². The second-order valence-electron chi connectivity index (χ2n) is 12.2. The lowest BCUT2D eigenvalue weighted by molar-refractivity contribution is 0.128. The molecule has 0 spiro atoms. The van der Waals surface area contributed by atoms with Crippen molar-refractivity contribution in [2.24, 2.45) is 7.05 Å². The van der Waals surface area contributed by atoms with Crippen molar-refractivity contribution < 1.29 is 14.2 Å². The number of phenolic OH excluding ortho intramolecular Hbond substituents is 1. The number of phenols is 1. The highest BCUT2D eigenvalue weighted by Crippen LogP contribution is 2.44. The Morgan fingerprint density at radius 3 is 2.26 bits per heavy atom. The van der Waals surface area contributed by atoms with E-state index < -0.39 is 5.82 Å². The molecule has 42 heavy (non-hydrogen) atoms. The molecule has 6 rings (SSSR count). The first-order valence-corrected chi connectivity index (χ1v) is 14.8. The van der Waals surface area contributed by atoms with E-state index in [1.54, 1.807) is 31.6 Å². The summed E-state index contributed by atoms with van der Waals surface area (Å²) in [5.41, 5.74) is 3.22. The van der Waals surface area contributed by atoms with E-state index in [-0.39, 0.29) is 28.1 Å². The third-order valence-electron chi connectivity index (χ3n) is 8.17. The molecule has 1 aliphatic carbocycles. The molecule has 2 heterocycles. The van der Waals surface area contributed by atoms with Crippen molar-refractivity contribution >= 4 is 17.3 Å². The van der Waals surface area contributed by atoms with Gasteiger partial charge in [-0.25, -0.2) is 9.18 Å². The van der Waals surface area contributed by atoms with Crippen LogP contribution in [0.15, 0.2) is 65.7 Å². The van der Waals surface area contributed by atoms with Gasteiger partial charge in [0.2, 0.25) is 0 Å². The van der Waals surface area contributed by atoms with Gasteiger partial charge in [0, 0.05) is 68.0 Å². The smallest absolute Gasteiger partial charge is 0.332 e. The summed E-state index contributed by atoms with van der Waals surface area (Å²) in [5, 5.41) is 11.8. The summed E-state index contributed by atoms with van der Waals surface area (Å²) in [6, 6.07) is 13.9. The van der Waals surface area contributed by atoms with Crippen LogP contribution in [0.3, 0.4) is 0 Å². The lowest BCUT2D eigenvalue weighted by Gasteiger charge is -2.43. The van der Waals surface area contributed by atoms with E-state index in [0.717, 1.165) is 50.3 Å². The topological polar surface area (TPSA) is 62.9 Å². The highest BCUT2D eigenvalue weighted by molar-refractivity contribution is 6.33. The standard InChI is InChI=1S/C33H36ClFN4O3/c1-33(2,3)38-13-11-37(12-14-38)24-7-5-6-21(16-24)26-19-23(35)20-27(31(26)40)22-17-28(34)30(29(18-22)42-25-8-9-25)39-15-10-36(4)32(39)41/h5-7,10,15-20,25,40H,8-9,11-14H2,1-4H3.